The molecule has 1 aromatic carbocycles. The monoisotopic (exact) mass is 392 g/mol. The molecule has 18 heavy (non-hydrogen) atoms. The second kappa shape index (κ2) is 6.14. The zero-order valence-electron chi connectivity index (χ0n) is 9.29. The lowest BCUT2D eigenvalue weighted by molar-refractivity contribution is 0.621. The van der Waals surface area contributed by atoms with Gasteiger partial charge in [0.25, 0.3) is 0 Å². The lowest BCUT2D eigenvalue weighted by atomic mass is 10.2. The SMILES string of the molecule is NCC(Nc1ccc(F)c(Br)c1)c1ccc(Br)s1. The predicted octanol–water partition coefficient (Wildman–Crippen LogP) is 4.52. The van der Waals surface area contributed by atoms with Gasteiger partial charge in [-0.05, 0) is 62.2 Å². The normalized spacial score (nSPS) is 12.4. The van der Waals surface area contributed by atoms with E-state index in [2.05, 4.69) is 37.2 Å². The molecule has 1 heterocycles. The van der Waals surface area contributed by atoms with Crippen molar-refractivity contribution in [3.8, 4) is 0 Å². The molecular formula is C12H11Br2FN2S. The number of nitrogens with two attached hydrogens (primary N) is 1. The van der Waals surface area contributed by atoms with Crippen LogP contribution in [-0.4, -0.2) is 6.54 Å². The standard InChI is InChI=1S/C12H11Br2FN2S/c13-8-5-7(1-2-9(8)15)17-10(6-16)11-3-4-12(14)18-11/h1-5,10,17H,6,16H2. The maximum atomic E-state index is 13.1. The quantitative estimate of drug-likeness (QED) is 0.800. The van der Waals surface area contributed by atoms with Gasteiger partial charge in [0.15, 0.2) is 0 Å². The van der Waals surface area contributed by atoms with Crippen molar-refractivity contribution in [2.24, 2.45) is 5.73 Å². The molecule has 3 N–H and O–H groups in total. The van der Waals surface area contributed by atoms with Crippen LogP contribution in [0.4, 0.5) is 10.1 Å². The van der Waals surface area contributed by atoms with Gasteiger partial charge < -0.3 is 11.1 Å². The Bertz CT molecular complexity index is 545. The molecule has 0 radical (unpaired) electrons. The van der Waals surface area contributed by atoms with Crippen molar-refractivity contribution in [3.05, 3.63) is 49.3 Å². The van der Waals surface area contributed by atoms with E-state index >= 15 is 0 Å². The van der Waals surface area contributed by atoms with Crippen molar-refractivity contribution in [2.45, 2.75) is 6.04 Å². The van der Waals surface area contributed by atoms with E-state index in [9.17, 15) is 4.39 Å². The van der Waals surface area contributed by atoms with Gasteiger partial charge in [-0.15, -0.1) is 11.3 Å². The maximum absolute atomic E-state index is 13.1. The van der Waals surface area contributed by atoms with Gasteiger partial charge >= 0.3 is 0 Å². The van der Waals surface area contributed by atoms with Crippen molar-refractivity contribution in [3.63, 3.8) is 0 Å². The third-order valence-electron chi connectivity index (χ3n) is 2.43. The average Bonchev–Trinajstić information content (AvgIpc) is 2.77. The van der Waals surface area contributed by atoms with Crippen molar-refractivity contribution in [1.29, 1.82) is 0 Å². The molecule has 0 spiro atoms. The summed E-state index contributed by atoms with van der Waals surface area (Å²) in [4.78, 5) is 1.14. The van der Waals surface area contributed by atoms with E-state index in [0.29, 0.717) is 11.0 Å². The number of anilines is 1. The Balaban J connectivity index is 2.17. The second-order valence-electron chi connectivity index (χ2n) is 3.70. The van der Waals surface area contributed by atoms with Crippen LogP contribution in [0.3, 0.4) is 0 Å². The minimum Gasteiger partial charge on any atom is -0.376 e. The first kappa shape index (κ1) is 14.0. The van der Waals surface area contributed by atoms with Crippen LogP contribution in [0.15, 0.2) is 38.6 Å². The van der Waals surface area contributed by atoms with Gasteiger partial charge in [-0.1, -0.05) is 0 Å². The van der Waals surface area contributed by atoms with E-state index in [1.807, 2.05) is 12.1 Å². The van der Waals surface area contributed by atoms with Crippen LogP contribution in [0.25, 0.3) is 0 Å². The highest BCUT2D eigenvalue weighted by Gasteiger charge is 2.12. The zero-order valence-corrected chi connectivity index (χ0v) is 13.3. The molecule has 0 saturated carbocycles. The van der Waals surface area contributed by atoms with E-state index in [1.54, 1.807) is 23.5 Å². The van der Waals surface area contributed by atoms with Gasteiger partial charge in [-0.3, -0.25) is 0 Å². The van der Waals surface area contributed by atoms with Crippen LogP contribution in [0.5, 0.6) is 0 Å². The first-order valence-electron chi connectivity index (χ1n) is 5.27. The van der Waals surface area contributed by atoms with Crippen LogP contribution in [0.1, 0.15) is 10.9 Å². The molecule has 0 aliphatic heterocycles. The van der Waals surface area contributed by atoms with Crippen molar-refractivity contribution >= 4 is 48.9 Å². The summed E-state index contributed by atoms with van der Waals surface area (Å²) in [6.45, 7) is 0.474. The summed E-state index contributed by atoms with van der Waals surface area (Å²) in [7, 11) is 0. The Morgan fingerprint density at radius 1 is 1.28 bits per heavy atom. The summed E-state index contributed by atoms with van der Waals surface area (Å²) in [5, 5.41) is 3.29. The first-order chi connectivity index (χ1) is 8.60. The lowest BCUT2D eigenvalue weighted by Gasteiger charge is -2.17. The zero-order chi connectivity index (χ0) is 13.1. The van der Waals surface area contributed by atoms with Gasteiger partial charge in [0.2, 0.25) is 0 Å². The number of rotatable bonds is 4. The van der Waals surface area contributed by atoms with Crippen LogP contribution in [0, 0.1) is 5.82 Å². The highest BCUT2D eigenvalue weighted by Crippen LogP contribution is 2.30. The van der Waals surface area contributed by atoms with Crippen molar-refractivity contribution < 1.29 is 4.39 Å². The van der Waals surface area contributed by atoms with Crippen LogP contribution in [0.2, 0.25) is 0 Å². The van der Waals surface area contributed by atoms with Crippen LogP contribution < -0.4 is 11.1 Å². The summed E-state index contributed by atoms with van der Waals surface area (Å²) >= 11 is 8.23. The number of benzene rings is 1. The number of nitrogens with one attached hydrogen (secondary N) is 1. The van der Waals surface area contributed by atoms with Gasteiger partial charge in [0.1, 0.15) is 5.82 Å². The molecule has 0 fully saturated rings. The largest absolute Gasteiger partial charge is 0.376 e. The van der Waals surface area contributed by atoms with Gasteiger partial charge in [-0.2, -0.15) is 0 Å². The van der Waals surface area contributed by atoms with Gasteiger partial charge in [0, 0.05) is 17.1 Å². The minimum absolute atomic E-state index is 0.0265. The molecule has 1 aromatic heterocycles. The fraction of sp³-hybridized carbons (Fsp3) is 0.167. The minimum atomic E-state index is -0.274. The highest BCUT2D eigenvalue weighted by molar-refractivity contribution is 9.11. The summed E-state index contributed by atoms with van der Waals surface area (Å²) in [6, 6.07) is 8.87. The molecule has 1 atom stereocenters. The van der Waals surface area contributed by atoms with E-state index in [0.717, 1.165) is 14.4 Å². The third-order valence-corrected chi connectivity index (χ3v) is 4.78. The molecular weight excluding hydrogens is 383 g/mol. The van der Waals surface area contributed by atoms with Crippen LogP contribution in [-0.2, 0) is 0 Å². The molecule has 6 heteroatoms. The Labute approximate surface area is 126 Å². The molecule has 1 unspecified atom stereocenters. The molecule has 96 valence electrons. The fourth-order valence-electron chi connectivity index (χ4n) is 1.55. The lowest BCUT2D eigenvalue weighted by Crippen LogP contribution is -2.19. The van der Waals surface area contributed by atoms with E-state index in [-0.39, 0.29) is 11.9 Å². The average molecular weight is 394 g/mol. The highest BCUT2D eigenvalue weighted by atomic mass is 79.9. The molecule has 2 rings (SSSR count). The summed E-state index contributed by atoms with van der Waals surface area (Å²) in [5.74, 6) is -0.274. The summed E-state index contributed by atoms with van der Waals surface area (Å²) in [5.41, 5.74) is 6.61. The topological polar surface area (TPSA) is 38.0 Å². The molecule has 2 aromatic rings. The summed E-state index contributed by atoms with van der Waals surface area (Å²) < 4.78 is 14.6. The van der Waals surface area contributed by atoms with Gasteiger partial charge in [-0.25, -0.2) is 4.39 Å². The smallest absolute Gasteiger partial charge is 0.137 e. The molecule has 0 aliphatic rings. The molecule has 0 amide bonds. The molecule has 0 saturated heterocycles. The van der Waals surface area contributed by atoms with Gasteiger partial charge in [0.05, 0.1) is 14.3 Å². The van der Waals surface area contributed by atoms with Crippen LogP contribution >= 0.6 is 43.2 Å². The molecule has 2 nitrogen and oxygen atoms in total. The number of hydrogen-bond donors (Lipinski definition) is 2. The summed E-state index contributed by atoms with van der Waals surface area (Å²) in [6.07, 6.45) is 0. The van der Waals surface area contributed by atoms with Crippen molar-refractivity contribution in [2.75, 3.05) is 11.9 Å². The molecule has 0 aliphatic carbocycles. The predicted molar refractivity (Wildman–Crippen MR) is 81.5 cm³/mol. The van der Waals surface area contributed by atoms with E-state index in [1.165, 1.54) is 6.07 Å². The first-order valence-corrected chi connectivity index (χ1v) is 7.67. The fourth-order valence-corrected chi connectivity index (χ4v) is 3.42. The van der Waals surface area contributed by atoms with Crippen molar-refractivity contribution in [1.82, 2.24) is 0 Å². The number of hydrogen-bond acceptors (Lipinski definition) is 3. The van der Waals surface area contributed by atoms with E-state index in [4.69, 9.17) is 5.73 Å². The molecule has 0 bridgehead atoms. The Kier molecular flexibility index (Phi) is 4.77. The number of halogens is 3. The number of thiophene rings is 1. The van der Waals surface area contributed by atoms with E-state index < -0.39 is 0 Å². The Hall–Kier alpha value is -0.430. The Morgan fingerprint density at radius 3 is 2.61 bits per heavy atom. The second-order valence-corrected chi connectivity index (χ2v) is 7.05. The third kappa shape index (κ3) is 3.32. The maximum Gasteiger partial charge on any atom is 0.137 e. The Morgan fingerprint density at radius 2 is 2.06 bits per heavy atom.